The maximum Gasteiger partial charge on any atom is 0.251 e. The van der Waals surface area contributed by atoms with Crippen LogP contribution in [0.2, 0.25) is 0 Å². The van der Waals surface area contributed by atoms with Gasteiger partial charge in [0, 0.05) is 41.4 Å². The molecule has 1 unspecified atom stereocenters. The molecule has 1 aliphatic rings. The predicted molar refractivity (Wildman–Crippen MR) is 108 cm³/mol. The largest absolute Gasteiger partial charge is 0.355 e. The number of nitrogens with one attached hydrogen (secondary N) is 2. The van der Waals surface area contributed by atoms with Gasteiger partial charge in [0.25, 0.3) is 5.91 Å². The third kappa shape index (κ3) is 4.19. The lowest BCUT2D eigenvalue weighted by Crippen LogP contribution is -2.28. The van der Waals surface area contributed by atoms with Crippen LogP contribution in [0.3, 0.4) is 0 Å². The second-order valence-electron chi connectivity index (χ2n) is 6.48. The minimum absolute atomic E-state index is 0.0631. The summed E-state index contributed by atoms with van der Waals surface area (Å²) in [6.07, 6.45) is 0.178. The van der Waals surface area contributed by atoms with Crippen LogP contribution in [0.15, 0.2) is 46.9 Å². The van der Waals surface area contributed by atoms with Crippen LogP contribution >= 0.6 is 15.9 Å². The summed E-state index contributed by atoms with van der Waals surface area (Å²) in [4.78, 5) is 38.2. The average molecular weight is 430 g/mol. The van der Waals surface area contributed by atoms with Crippen molar-refractivity contribution >= 4 is 45.0 Å². The molecule has 7 heteroatoms. The summed E-state index contributed by atoms with van der Waals surface area (Å²) in [6.45, 7) is 2.31. The number of hydrogen-bond donors (Lipinski definition) is 2. The lowest BCUT2D eigenvalue weighted by atomic mass is 10.1. The molecular weight excluding hydrogens is 410 g/mol. The van der Waals surface area contributed by atoms with Gasteiger partial charge in [0.2, 0.25) is 11.8 Å². The number of anilines is 2. The molecule has 1 atom stereocenters. The Labute approximate surface area is 166 Å². The van der Waals surface area contributed by atoms with Gasteiger partial charge in [-0.05, 0) is 55.0 Å². The Bertz CT molecular complexity index is 896. The number of benzene rings is 2. The SMILES string of the molecule is CNC(=O)c1ccc(NC(=O)C2CC(=O)N(c3ccc(Br)c(C)c3)C2)cc1. The first-order chi connectivity index (χ1) is 12.9. The normalized spacial score (nSPS) is 16.3. The van der Waals surface area contributed by atoms with Gasteiger partial charge in [-0.3, -0.25) is 14.4 Å². The fraction of sp³-hybridized carbons (Fsp3) is 0.250. The van der Waals surface area contributed by atoms with Gasteiger partial charge in [0.1, 0.15) is 0 Å². The zero-order chi connectivity index (χ0) is 19.6. The first-order valence-corrected chi connectivity index (χ1v) is 9.38. The van der Waals surface area contributed by atoms with Crippen LogP contribution in [0.4, 0.5) is 11.4 Å². The summed E-state index contributed by atoms with van der Waals surface area (Å²) in [5.74, 6) is -0.867. The molecule has 0 bridgehead atoms. The van der Waals surface area contributed by atoms with Crippen molar-refractivity contribution < 1.29 is 14.4 Å². The van der Waals surface area contributed by atoms with Crippen molar-refractivity contribution in [2.24, 2.45) is 5.92 Å². The van der Waals surface area contributed by atoms with Crippen LogP contribution in [0.5, 0.6) is 0 Å². The highest BCUT2D eigenvalue weighted by Crippen LogP contribution is 2.29. The van der Waals surface area contributed by atoms with E-state index in [1.165, 1.54) is 0 Å². The average Bonchev–Trinajstić information content (AvgIpc) is 3.06. The molecule has 1 heterocycles. The number of aryl methyl sites for hydroxylation is 1. The maximum atomic E-state index is 12.6. The van der Waals surface area contributed by atoms with Gasteiger partial charge < -0.3 is 15.5 Å². The molecule has 2 N–H and O–H groups in total. The van der Waals surface area contributed by atoms with Crippen molar-refractivity contribution in [3.05, 3.63) is 58.1 Å². The third-order valence-electron chi connectivity index (χ3n) is 4.59. The lowest BCUT2D eigenvalue weighted by Gasteiger charge is -2.17. The molecule has 0 saturated carbocycles. The molecule has 3 rings (SSSR count). The molecule has 0 radical (unpaired) electrons. The summed E-state index contributed by atoms with van der Waals surface area (Å²) in [5.41, 5.74) is 2.94. The summed E-state index contributed by atoms with van der Waals surface area (Å²) >= 11 is 3.45. The fourth-order valence-corrected chi connectivity index (χ4v) is 3.27. The van der Waals surface area contributed by atoms with Gasteiger partial charge in [-0.25, -0.2) is 0 Å². The Morgan fingerprint density at radius 3 is 2.48 bits per heavy atom. The number of hydrogen-bond acceptors (Lipinski definition) is 3. The summed E-state index contributed by atoms with van der Waals surface area (Å²) < 4.78 is 0.979. The van der Waals surface area contributed by atoms with Gasteiger partial charge in [-0.15, -0.1) is 0 Å². The predicted octanol–water partition coefficient (Wildman–Crippen LogP) is 3.11. The second-order valence-corrected chi connectivity index (χ2v) is 7.34. The van der Waals surface area contributed by atoms with Crippen molar-refractivity contribution in [1.82, 2.24) is 5.32 Å². The van der Waals surface area contributed by atoms with Crippen molar-refractivity contribution in [3.63, 3.8) is 0 Å². The number of rotatable bonds is 4. The highest BCUT2D eigenvalue weighted by Gasteiger charge is 2.35. The van der Waals surface area contributed by atoms with Crippen LogP contribution in [-0.2, 0) is 9.59 Å². The van der Waals surface area contributed by atoms with Crippen molar-refractivity contribution in [2.45, 2.75) is 13.3 Å². The van der Waals surface area contributed by atoms with Gasteiger partial charge >= 0.3 is 0 Å². The van der Waals surface area contributed by atoms with E-state index in [0.717, 1.165) is 15.7 Å². The quantitative estimate of drug-likeness (QED) is 0.783. The molecule has 0 aliphatic carbocycles. The smallest absolute Gasteiger partial charge is 0.251 e. The van der Waals surface area contributed by atoms with Gasteiger partial charge in [0.05, 0.1) is 5.92 Å². The van der Waals surface area contributed by atoms with Crippen molar-refractivity contribution in [3.8, 4) is 0 Å². The Hall–Kier alpha value is -2.67. The number of carbonyl (C=O) groups excluding carboxylic acids is 3. The van der Waals surface area contributed by atoms with E-state index in [1.807, 2.05) is 25.1 Å². The van der Waals surface area contributed by atoms with Crippen molar-refractivity contribution in [1.29, 1.82) is 0 Å². The standard InChI is InChI=1S/C20H20BrN3O3/c1-12-9-16(7-8-17(12)21)24-11-14(10-18(24)25)20(27)23-15-5-3-13(4-6-15)19(26)22-2/h3-9,14H,10-11H2,1-2H3,(H,22,26)(H,23,27). The van der Waals surface area contributed by atoms with E-state index >= 15 is 0 Å². The third-order valence-corrected chi connectivity index (χ3v) is 5.48. The lowest BCUT2D eigenvalue weighted by molar-refractivity contribution is -0.122. The topological polar surface area (TPSA) is 78.5 Å². The Morgan fingerprint density at radius 2 is 1.85 bits per heavy atom. The molecule has 6 nitrogen and oxygen atoms in total. The van der Waals surface area contributed by atoms with Crippen LogP contribution in [0.25, 0.3) is 0 Å². The monoisotopic (exact) mass is 429 g/mol. The van der Waals surface area contributed by atoms with Crippen LogP contribution < -0.4 is 15.5 Å². The number of nitrogens with zero attached hydrogens (tertiary/aromatic N) is 1. The molecule has 1 saturated heterocycles. The number of halogens is 1. The molecule has 140 valence electrons. The van der Waals surface area contributed by atoms with E-state index in [1.54, 1.807) is 36.2 Å². The number of carbonyl (C=O) groups is 3. The molecule has 0 aromatic heterocycles. The Balaban J connectivity index is 1.66. The maximum absolute atomic E-state index is 12.6. The van der Waals surface area contributed by atoms with E-state index < -0.39 is 5.92 Å². The zero-order valence-corrected chi connectivity index (χ0v) is 16.7. The second kappa shape index (κ2) is 7.92. The minimum Gasteiger partial charge on any atom is -0.355 e. The fourth-order valence-electron chi connectivity index (χ4n) is 3.02. The van der Waals surface area contributed by atoms with Crippen LogP contribution in [0.1, 0.15) is 22.3 Å². The molecule has 1 aliphatic heterocycles. The molecule has 1 fully saturated rings. The highest BCUT2D eigenvalue weighted by molar-refractivity contribution is 9.10. The molecule has 2 aromatic rings. The first kappa shape index (κ1) is 19.1. The summed E-state index contributed by atoms with van der Waals surface area (Å²) in [5, 5.41) is 5.37. The minimum atomic E-state index is -0.417. The summed E-state index contributed by atoms with van der Waals surface area (Å²) in [6, 6.07) is 12.3. The van der Waals surface area contributed by atoms with E-state index in [2.05, 4.69) is 26.6 Å². The van der Waals surface area contributed by atoms with Crippen LogP contribution in [0, 0.1) is 12.8 Å². The Kier molecular flexibility index (Phi) is 5.60. The van der Waals surface area contributed by atoms with E-state index in [9.17, 15) is 14.4 Å². The molecule has 0 spiro atoms. The molecule has 2 aromatic carbocycles. The van der Waals surface area contributed by atoms with Gasteiger partial charge in [0.15, 0.2) is 0 Å². The van der Waals surface area contributed by atoms with E-state index in [0.29, 0.717) is 17.8 Å². The van der Waals surface area contributed by atoms with Gasteiger partial charge in [-0.1, -0.05) is 15.9 Å². The first-order valence-electron chi connectivity index (χ1n) is 8.58. The van der Waals surface area contributed by atoms with E-state index in [4.69, 9.17) is 0 Å². The number of amides is 3. The van der Waals surface area contributed by atoms with Gasteiger partial charge in [-0.2, -0.15) is 0 Å². The molecular formula is C20H20BrN3O3. The Morgan fingerprint density at radius 1 is 1.15 bits per heavy atom. The van der Waals surface area contributed by atoms with E-state index in [-0.39, 0.29) is 24.1 Å². The highest BCUT2D eigenvalue weighted by atomic mass is 79.9. The van der Waals surface area contributed by atoms with Crippen molar-refractivity contribution in [2.75, 3.05) is 23.8 Å². The van der Waals surface area contributed by atoms with Crippen LogP contribution in [-0.4, -0.2) is 31.3 Å². The zero-order valence-electron chi connectivity index (χ0n) is 15.1. The molecule has 3 amide bonds. The summed E-state index contributed by atoms with van der Waals surface area (Å²) in [7, 11) is 1.56. The molecule has 27 heavy (non-hydrogen) atoms.